The molecular formula is C12H21NO3. The highest BCUT2D eigenvalue weighted by molar-refractivity contribution is 5.69. The molecule has 1 unspecified atom stereocenters. The van der Waals surface area contributed by atoms with E-state index in [0.29, 0.717) is 12.5 Å². The Morgan fingerprint density at radius 1 is 1.44 bits per heavy atom. The van der Waals surface area contributed by atoms with Crippen LogP contribution in [0.5, 0.6) is 0 Å². The van der Waals surface area contributed by atoms with E-state index in [0.717, 1.165) is 31.7 Å². The normalized spacial score (nSPS) is 20.8. The van der Waals surface area contributed by atoms with E-state index in [1.165, 1.54) is 13.5 Å². The molecule has 92 valence electrons. The van der Waals surface area contributed by atoms with E-state index in [1.807, 2.05) is 0 Å². The van der Waals surface area contributed by atoms with Crippen molar-refractivity contribution < 1.29 is 14.3 Å². The predicted molar refractivity (Wildman–Crippen MR) is 62.0 cm³/mol. The number of nitrogens with zero attached hydrogens (tertiary/aromatic N) is 1. The maximum Gasteiger partial charge on any atom is 0.306 e. The van der Waals surface area contributed by atoms with E-state index >= 15 is 0 Å². The molecule has 0 amide bonds. The maximum atomic E-state index is 11.1. The molecule has 0 N–H and O–H groups in total. The summed E-state index contributed by atoms with van der Waals surface area (Å²) in [5, 5.41) is 0. The molecule has 0 aromatic heterocycles. The summed E-state index contributed by atoms with van der Waals surface area (Å²) in [6, 6.07) is 0.470. The first-order chi connectivity index (χ1) is 7.67. The van der Waals surface area contributed by atoms with Crippen LogP contribution in [0.15, 0.2) is 12.3 Å². The fraction of sp³-hybridized carbons (Fsp3) is 0.750. The van der Waals surface area contributed by atoms with Gasteiger partial charge in [0.2, 0.25) is 0 Å². The van der Waals surface area contributed by atoms with Crippen molar-refractivity contribution in [2.45, 2.75) is 31.7 Å². The highest BCUT2D eigenvalue weighted by Crippen LogP contribution is 2.22. The van der Waals surface area contributed by atoms with Crippen molar-refractivity contribution in [1.82, 2.24) is 4.90 Å². The minimum Gasteiger partial charge on any atom is -0.502 e. The van der Waals surface area contributed by atoms with Crippen LogP contribution in [0.25, 0.3) is 0 Å². The van der Waals surface area contributed by atoms with E-state index in [2.05, 4.69) is 16.2 Å². The molecule has 1 fully saturated rings. The number of ether oxygens (including phenoxy) is 2. The molecule has 4 heteroatoms. The van der Waals surface area contributed by atoms with Crippen LogP contribution in [0.4, 0.5) is 0 Å². The SMILES string of the molecule is C=C(CC1CCCN1CCC(=O)OC)OC. The van der Waals surface area contributed by atoms with Crippen LogP contribution in [-0.2, 0) is 14.3 Å². The zero-order chi connectivity index (χ0) is 12.0. The number of hydrogen-bond donors (Lipinski definition) is 0. The van der Waals surface area contributed by atoms with Gasteiger partial charge in [0.05, 0.1) is 26.4 Å². The fourth-order valence-corrected chi connectivity index (χ4v) is 2.10. The first-order valence-corrected chi connectivity index (χ1v) is 5.70. The van der Waals surface area contributed by atoms with Gasteiger partial charge >= 0.3 is 5.97 Å². The van der Waals surface area contributed by atoms with Crippen molar-refractivity contribution in [3.63, 3.8) is 0 Å². The molecule has 1 saturated heterocycles. The standard InChI is InChI=1S/C12H21NO3/c1-10(15-2)9-11-5-4-7-13(11)8-6-12(14)16-3/h11H,1,4-9H2,2-3H3. The van der Waals surface area contributed by atoms with Crippen LogP contribution in [0.1, 0.15) is 25.7 Å². The summed E-state index contributed by atoms with van der Waals surface area (Å²) in [7, 11) is 3.08. The highest BCUT2D eigenvalue weighted by atomic mass is 16.5. The fourth-order valence-electron chi connectivity index (χ4n) is 2.10. The zero-order valence-corrected chi connectivity index (χ0v) is 10.2. The van der Waals surface area contributed by atoms with Gasteiger partial charge in [-0.1, -0.05) is 6.58 Å². The molecule has 0 bridgehead atoms. The molecular weight excluding hydrogens is 206 g/mol. The van der Waals surface area contributed by atoms with Crippen LogP contribution < -0.4 is 0 Å². The molecule has 4 nitrogen and oxygen atoms in total. The Morgan fingerprint density at radius 3 is 2.81 bits per heavy atom. The van der Waals surface area contributed by atoms with Crippen molar-refractivity contribution in [3.8, 4) is 0 Å². The van der Waals surface area contributed by atoms with Gasteiger partial charge < -0.3 is 9.47 Å². The van der Waals surface area contributed by atoms with Gasteiger partial charge in [0.1, 0.15) is 0 Å². The summed E-state index contributed by atoms with van der Waals surface area (Å²) in [5.74, 6) is 0.672. The molecule has 16 heavy (non-hydrogen) atoms. The zero-order valence-electron chi connectivity index (χ0n) is 10.2. The smallest absolute Gasteiger partial charge is 0.306 e. The first kappa shape index (κ1) is 13.0. The number of carbonyl (C=O) groups is 1. The minimum atomic E-state index is -0.142. The molecule has 1 atom stereocenters. The molecule has 0 aliphatic carbocycles. The second-order valence-electron chi connectivity index (χ2n) is 4.11. The third-order valence-electron chi connectivity index (χ3n) is 3.08. The number of carbonyl (C=O) groups excluding carboxylic acids is 1. The van der Waals surface area contributed by atoms with Gasteiger partial charge in [-0.2, -0.15) is 0 Å². The van der Waals surface area contributed by atoms with Gasteiger partial charge in [0, 0.05) is 19.0 Å². The average Bonchev–Trinajstić information content (AvgIpc) is 2.73. The lowest BCUT2D eigenvalue weighted by atomic mass is 10.1. The van der Waals surface area contributed by atoms with Crippen LogP contribution in [0, 0.1) is 0 Å². The van der Waals surface area contributed by atoms with Gasteiger partial charge in [0.15, 0.2) is 0 Å². The molecule has 0 aromatic carbocycles. The Hall–Kier alpha value is -1.03. The monoisotopic (exact) mass is 227 g/mol. The van der Waals surface area contributed by atoms with E-state index in [-0.39, 0.29) is 5.97 Å². The first-order valence-electron chi connectivity index (χ1n) is 5.70. The Morgan fingerprint density at radius 2 is 2.19 bits per heavy atom. The number of methoxy groups -OCH3 is 2. The van der Waals surface area contributed by atoms with Crippen LogP contribution in [-0.4, -0.2) is 44.2 Å². The second-order valence-corrected chi connectivity index (χ2v) is 4.11. The third-order valence-corrected chi connectivity index (χ3v) is 3.08. The van der Waals surface area contributed by atoms with E-state index in [4.69, 9.17) is 4.74 Å². The topological polar surface area (TPSA) is 38.8 Å². The molecule has 1 heterocycles. The lowest BCUT2D eigenvalue weighted by molar-refractivity contribution is -0.141. The van der Waals surface area contributed by atoms with Gasteiger partial charge in [-0.25, -0.2) is 0 Å². The van der Waals surface area contributed by atoms with Crippen molar-refractivity contribution in [2.24, 2.45) is 0 Å². The Balaban J connectivity index is 2.34. The van der Waals surface area contributed by atoms with Gasteiger partial charge in [-0.3, -0.25) is 9.69 Å². The average molecular weight is 227 g/mol. The Bertz CT molecular complexity index is 253. The second kappa shape index (κ2) is 6.53. The molecule has 0 spiro atoms. The quantitative estimate of drug-likeness (QED) is 0.510. The van der Waals surface area contributed by atoms with Crippen molar-refractivity contribution >= 4 is 5.97 Å². The summed E-state index contributed by atoms with van der Waals surface area (Å²) in [4.78, 5) is 13.4. The maximum absolute atomic E-state index is 11.1. The molecule has 1 aliphatic heterocycles. The third kappa shape index (κ3) is 3.85. The van der Waals surface area contributed by atoms with Crippen LogP contribution in [0.3, 0.4) is 0 Å². The number of hydrogen-bond acceptors (Lipinski definition) is 4. The number of rotatable bonds is 6. The molecule has 1 rings (SSSR count). The van der Waals surface area contributed by atoms with Gasteiger partial charge in [-0.15, -0.1) is 0 Å². The molecule has 0 radical (unpaired) electrons. The van der Waals surface area contributed by atoms with E-state index in [9.17, 15) is 4.79 Å². The van der Waals surface area contributed by atoms with Crippen molar-refractivity contribution in [1.29, 1.82) is 0 Å². The molecule has 0 saturated carbocycles. The minimum absolute atomic E-state index is 0.142. The Kier molecular flexibility index (Phi) is 5.32. The van der Waals surface area contributed by atoms with Gasteiger partial charge in [0.25, 0.3) is 0 Å². The van der Waals surface area contributed by atoms with Gasteiger partial charge in [-0.05, 0) is 19.4 Å². The van der Waals surface area contributed by atoms with Crippen LogP contribution >= 0.6 is 0 Å². The Labute approximate surface area is 97.2 Å². The summed E-state index contributed by atoms with van der Waals surface area (Å²) < 4.78 is 9.73. The van der Waals surface area contributed by atoms with E-state index in [1.54, 1.807) is 7.11 Å². The number of likely N-dealkylation sites (tertiary alicyclic amines) is 1. The predicted octanol–water partition coefficient (Wildman–Crippen LogP) is 1.56. The van der Waals surface area contributed by atoms with Crippen molar-refractivity contribution in [3.05, 3.63) is 12.3 Å². The lowest BCUT2D eigenvalue weighted by Gasteiger charge is -2.24. The molecule has 0 aromatic rings. The molecule has 1 aliphatic rings. The van der Waals surface area contributed by atoms with Crippen molar-refractivity contribution in [2.75, 3.05) is 27.3 Å². The summed E-state index contributed by atoms with van der Waals surface area (Å²) >= 11 is 0. The van der Waals surface area contributed by atoms with Crippen LogP contribution in [0.2, 0.25) is 0 Å². The highest BCUT2D eigenvalue weighted by Gasteiger charge is 2.25. The summed E-state index contributed by atoms with van der Waals surface area (Å²) in [6.07, 6.45) is 3.66. The summed E-state index contributed by atoms with van der Waals surface area (Å²) in [6.45, 7) is 5.67. The largest absolute Gasteiger partial charge is 0.502 e. The number of esters is 1. The lowest BCUT2D eigenvalue weighted by Crippen LogP contribution is -2.32. The summed E-state index contributed by atoms with van der Waals surface area (Å²) in [5.41, 5.74) is 0. The van der Waals surface area contributed by atoms with E-state index < -0.39 is 0 Å².